The number of anilines is 2. The molecule has 0 fully saturated rings. The Morgan fingerprint density at radius 2 is 1.64 bits per heavy atom. The average Bonchev–Trinajstić information content (AvgIpc) is 2.66. The maximum atomic E-state index is 12.6. The number of carbonyl (C=O) groups is 1. The third-order valence-corrected chi connectivity index (χ3v) is 4.39. The molecule has 144 valence electrons. The fourth-order valence-electron chi connectivity index (χ4n) is 2.79. The molecule has 0 atom stereocenters. The van der Waals surface area contributed by atoms with E-state index >= 15 is 0 Å². The van der Waals surface area contributed by atoms with Gasteiger partial charge in [0.25, 0.3) is 5.91 Å². The number of amides is 1. The van der Waals surface area contributed by atoms with Crippen molar-refractivity contribution in [3.63, 3.8) is 0 Å². The van der Waals surface area contributed by atoms with Crippen molar-refractivity contribution in [1.29, 1.82) is 0 Å². The zero-order valence-corrected chi connectivity index (χ0v) is 16.8. The van der Waals surface area contributed by atoms with Gasteiger partial charge in [0, 0.05) is 17.9 Å². The molecule has 0 saturated heterocycles. The average molecular weight is 374 g/mol. The molecule has 0 aliphatic heterocycles. The molecule has 1 amide bonds. The predicted octanol–water partition coefficient (Wildman–Crippen LogP) is 4.95. The number of aryl methyl sites for hydroxylation is 1. The molecule has 2 N–H and O–H groups in total. The van der Waals surface area contributed by atoms with E-state index in [9.17, 15) is 4.79 Å². The van der Waals surface area contributed by atoms with Crippen molar-refractivity contribution >= 4 is 17.5 Å². The lowest BCUT2D eigenvalue weighted by atomic mass is 9.87. The Balaban J connectivity index is 1.70. The van der Waals surface area contributed by atoms with Crippen LogP contribution in [0.2, 0.25) is 0 Å². The van der Waals surface area contributed by atoms with Gasteiger partial charge in [-0.2, -0.15) is 0 Å². The number of nitrogens with zero attached hydrogens (tertiary/aromatic N) is 2. The maximum Gasteiger partial charge on any atom is 0.274 e. The summed E-state index contributed by atoms with van der Waals surface area (Å²) in [5, 5.41) is 6.09. The van der Waals surface area contributed by atoms with E-state index in [1.54, 1.807) is 6.07 Å². The highest BCUT2D eigenvalue weighted by molar-refractivity contribution is 6.03. The van der Waals surface area contributed by atoms with E-state index in [4.69, 9.17) is 0 Å². The third-order valence-electron chi connectivity index (χ3n) is 4.39. The normalized spacial score (nSPS) is 11.1. The Labute approximate surface area is 166 Å². The Hall–Kier alpha value is -3.21. The molecule has 28 heavy (non-hydrogen) atoms. The molecule has 0 aliphatic rings. The first-order valence-corrected chi connectivity index (χ1v) is 9.37. The van der Waals surface area contributed by atoms with Gasteiger partial charge in [-0.15, -0.1) is 0 Å². The van der Waals surface area contributed by atoms with Crippen LogP contribution in [0, 0.1) is 6.92 Å². The monoisotopic (exact) mass is 374 g/mol. The van der Waals surface area contributed by atoms with Crippen LogP contribution in [0.4, 0.5) is 11.6 Å². The quantitative estimate of drug-likeness (QED) is 0.663. The standard InChI is InChI=1S/C23H26N4O/c1-16-14-20(27-22(25-16)24-15-17-8-6-5-7-9-17)21(28)26-19-12-10-18(11-13-19)23(2,3)4/h5-14H,15H2,1-4H3,(H,26,28)(H,24,25,27). The highest BCUT2D eigenvalue weighted by Crippen LogP contribution is 2.23. The summed E-state index contributed by atoms with van der Waals surface area (Å²) in [6.45, 7) is 8.93. The minimum absolute atomic E-state index is 0.0750. The lowest BCUT2D eigenvalue weighted by Crippen LogP contribution is -2.16. The van der Waals surface area contributed by atoms with E-state index in [0.717, 1.165) is 16.9 Å². The van der Waals surface area contributed by atoms with Gasteiger partial charge in [0.1, 0.15) is 5.69 Å². The number of nitrogens with one attached hydrogen (secondary N) is 2. The van der Waals surface area contributed by atoms with Gasteiger partial charge >= 0.3 is 0 Å². The molecule has 0 bridgehead atoms. The van der Waals surface area contributed by atoms with Crippen molar-refractivity contribution in [2.75, 3.05) is 10.6 Å². The van der Waals surface area contributed by atoms with Gasteiger partial charge in [0.05, 0.1) is 0 Å². The summed E-state index contributed by atoms with van der Waals surface area (Å²) in [5.41, 5.74) is 4.23. The smallest absolute Gasteiger partial charge is 0.274 e. The van der Waals surface area contributed by atoms with Crippen molar-refractivity contribution in [3.05, 3.63) is 83.2 Å². The topological polar surface area (TPSA) is 66.9 Å². The molecule has 3 rings (SSSR count). The fourth-order valence-corrected chi connectivity index (χ4v) is 2.79. The second-order valence-electron chi connectivity index (χ2n) is 7.84. The zero-order valence-electron chi connectivity index (χ0n) is 16.8. The van der Waals surface area contributed by atoms with E-state index in [1.165, 1.54) is 5.56 Å². The summed E-state index contributed by atoms with van der Waals surface area (Å²) in [6, 6.07) is 19.6. The Bertz CT molecular complexity index is 945. The van der Waals surface area contributed by atoms with Gasteiger partial charge in [0.2, 0.25) is 5.95 Å². The highest BCUT2D eigenvalue weighted by atomic mass is 16.1. The first-order chi connectivity index (χ1) is 13.3. The van der Waals surface area contributed by atoms with Crippen LogP contribution in [-0.2, 0) is 12.0 Å². The summed E-state index contributed by atoms with van der Waals surface area (Å²) >= 11 is 0. The predicted molar refractivity (Wildman–Crippen MR) is 114 cm³/mol. The zero-order chi connectivity index (χ0) is 20.1. The van der Waals surface area contributed by atoms with Crippen molar-refractivity contribution < 1.29 is 4.79 Å². The largest absolute Gasteiger partial charge is 0.350 e. The fraction of sp³-hybridized carbons (Fsp3) is 0.261. The van der Waals surface area contributed by atoms with Gasteiger partial charge < -0.3 is 10.6 Å². The minimum Gasteiger partial charge on any atom is -0.350 e. The first-order valence-electron chi connectivity index (χ1n) is 9.37. The molecule has 0 unspecified atom stereocenters. The second kappa shape index (κ2) is 8.21. The lowest BCUT2D eigenvalue weighted by molar-refractivity contribution is 0.102. The lowest BCUT2D eigenvalue weighted by Gasteiger charge is -2.19. The van der Waals surface area contributed by atoms with E-state index in [2.05, 4.69) is 41.4 Å². The number of rotatable bonds is 5. The number of hydrogen-bond donors (Lipinski definition) is 2. The molecule has 5 heteroatoms. The van der Waals surface area contributed by atoms with Crippen molar-refractivity contribution in [1.82, 2.24) is 9.97 Å². The molecule has 2 aromatic carbocycles. The second-order valence-corrected chi connectivity index (χ2v) is 7.84. The van der Waals surface area contributed by atoms with Crippen LogP contribution in [0.15, 0.2) is 60.7 Å². The SMILES string of the molecule is Cc1cc(C(=O)Nc2ccc(C(C)(C)C)cc2)nc(NCc2ccccc2)n1. The molecule has 5 nitrogen and oxygen atoms in total. The van der Waals surface area contributed by atoms with Gasteiger partial charge in [-0.05, 0) is 41.7 Å². The minimum atomic E-state index is -0.253. The molecule has 0 radical (unpaired) electrons. The molecule has 0 spiro atoms. The first kappa shape index (κ1) is 19.5. The molecule has 0 saturated carbocycles. The van der Waals surface area contributed by atoms with Gasteiger partial charge in [0.15, 0.2) is 0 Å². The number of aromatic nitrogens is 2. The van der Waals surface area contributed by atoms with Crippen LogP contribution in [0.5, 0.6) is 0 Å². The summed E-state index contributed by atoms with van der Waals surface area (Å²) in [4.78, 5) is 21.4. The molecule has 0 aliphatic carbocycles. The van der Waals surface area contributed by atoms with Crippen LogP contribution in [-0.4, -0.2) is 15.9 Å². The highest BCUT2D eigenvalue weighted by Gasteiger charge is 2.14. The third kappa shape index (κ3) is 5.16. The van der Waals surface area contributed by atoms with Crippen LogP contribution in [0.1, 0.15) is 48.1 Å². The maximum absolute atomic E-state index is 12.6. The summed E-state index contributed by atoms with van der Waals surface area (Å²) in [5.74, 6) is 0.189. The summed E-state index contributed by atoms with van der Waals surface area (Å²) < 4.78 is 0. The van der Waals surface area contributed by atoms with Crippen LogP contribution < -0.4 is 10.6 Å². The molecule has 1 aromatic heterocycles. The van der Waals surface area contributed by atoms with E-state index in [-0.39, 0.29) is 11.3 Å². The Morgan fingerprint density at radius 1 is 0.964 bits per heavy atom. The number of benzene rings is 2. The molecule has 3 aromatic rings. The van der Waals surface area contributed by atoms with E-state index < -0.39 is 0 Å². The van der Waals surface area contributed by atoms with Crippen LogP contribution in [0.25, 0.3) is 0 Å². The van der Waals surface area contributed by atoms with Crippen molar-refractivity contribution in [2.45, 2.75) is 39.7 Å². The Morgan fingerprint density at radius 3 is 2.29 bits per heavy atom. The van der Waals surface area contributed by atoms with E-state index in [1.807, 2.05) is 61.5 Å². The summed E-state index contributed by atoms with van der Waals surface area (Å²) in [6.07, 6.45) is 0. The van der Waals surface area contributed by atoms with Crippen LogP contribution in [0.3, 0.4) is 0 Å². The van der Waals surface area contributed by atoms with Crippen molar-refractivity contribution in [3.8, 4) is 0 Å². The van der Waals surface area contributed by atoms with Crippen LogP contribution >= 0.6 is 0 Å². The van der Waals surface area contributed by atoms with E-state index in [0.29, 0.717) is 18.2 Å². The van der Waals surface area contributed by atoms with Gasteiger partial charge in [-0.1, -0.05) is 63.2 Å². The molecule has 1 heterocycles. The number of carbonyl (C=O) groups excluding carboxylic acids is 1. The Kier molecular flexibility index (Phi) is 5.73. The number of hydrogen-bond acceptors (Lipinski definition) is 4. The summed E-state index contributed by atoms with van der Waals surface area (Å²) in [7, 11) is 0. The molecular weight excluding hydrogens is 348 g/mol. The van der Waals surface area contributed by atoms with Gasteiger partial charge in [-0.3, -0.25) is 4.79 Å². The van der Waals surface area contributed by atoms with Crippen molar-refractivity contribution in [2.24, 2.45) is 0 Å². The van der Waals surface area contributed by atoms with Gasteiger partial charge in [-0.25, -0.2) is 9.97 Å². The molecular formula is C23H26N4O.